The number of aromatic nitrogens is 1. The number of carbonyl (C=O) groups is 2. The molecular weight excluding hydrogens is 742 g/mol. The third-order valence-electron chi connectivity index (χ3n) is 10.1. The van der Waals surface area contributed by atoms with E-state index in [0.29, 0.717) is 22.3 Å². The van der Waals surface area contributed by atoms with Gasteiger partial charge in [0.15, 0.2) is 0 Å². The number of aliphatic carboxylic acids is 1. The molecule has 16 heteroatoms. The molecule has 2 aliphatic heterocycles. The Hall–Kier alpha value is -5.25. The van der Waals surface area contributed by atoms with Gasteiger partial charge >= 0.3 is 18.3 Å². The van der Waals surface area contributed by atoms with E-state index in [1.54, 1.807) is 24.0 Å². The maximum absolute atomic E-state index is 16.1. The number of alkyl halides is 7. The normalized spacial score (nSPS) is 19.3. The van der Waals surface area contributed by atoms with Crippen LogP contribution in [0.2, 0.25) is 0 Å². The number of likely N-dealkylation sites (tertiary alicyclic amines) is 1. The number of nitrogens with zero attached hydrogens (tertiary/aromatic N) is 2. The van der Waals surface area contributed by atoms with Crippen molar-refractivity contribution in [2.24, 2.45) is 0 Å². The van der Waals surface area contributed by atoms with Crippen LogP contribution in [0.5, 0.6) is 11.5 Å². The third kappa shape index (κ3) is 7.82. The number of amides is 1. The summed E-state index contributed by atoms with van der Waals surface area (Å²) in [5, 5.41) is 12.2. The smallest absolute Gasteiger partial charge is 0.419 e. The number of carbonyl (C=O) groups excluding carboxylic acids is 1. The van der Waals surface area contributed by atoms with Crippen molar-refractivity contribution in [2.75, 3.05) is 19.6 Å². The van der Waals surface area contributed by atoms with Crippen LogP contribution in [0.15, 0.2) is 65.6 Å². The van der Waals surface area contributed by atoms with Crippen molar-refractivity contribution in [3.05, 3.63) is 116 Å². The Kier molecular flexibility index (Phi) is 9.76. The molecule has 2 atom stereocenters. The maximum atomic E-state index is 16.1. The molecule has 1 amide bonds. The van der Waals surface area contributed by atoms with Crippen molar-refractivity contribution in [1.82, 2.24) is 14.8 Å². The number of carboxylic acid groups (broad SMARTS) is 1. The molecule has 3 aliphatic rings. The molecule has 8 nitrogen and oxygen atoms in total. The molecule has 2 fully saturated rings. The van der Waals surface area contributed by atoms with E-state index in [4.69, 9.17) is 4.74 Å². The van der Waals surface area contributed by atoms with Gasteiger partial charge in [0, 0.05) is 43.0 Å². The number of pyridine rings is 1. The first-order valence-electron chi connectivity index (χ1n) is 17.4. The van der Waals surface area contributed by atoms with Crippen LogP contribution < -0.4 is 15.6 Å². The van der Waals surface area contributed by atoms with E-state index in [1.807, 2.05) is 0 Å². The van der Waals surface area contributed by atoms with Gasteiger partial charge < -0.3 is 15.2 Å². The SMILES string of the molecule is Cc1cc(C2CC2)cc2c1-c1cc(c(F)c(C(F)(F)F)c1)[C@@H](CC(=O)O)NC(=O)[C@@H](n1cc(CCN3CC(F)C3)c(C(F)(F)F)cc1=O)c1cccc(c1)O2. The highest BCUT2D eigenvalue weighted by atomic mass is 19.4. The Morgan fingerprint density at radius 2 is 1.65 bits per heavy atom. The summed E-state index contributed by atoms with van der Waals surface area (Å²) in [5.41, 5.74) is -4.33. The second kappa shape index (κ2) is 14.1. The Bertz CT molecular complexity index is 2240. The van der Waals surface area contributed by atoms with E-state index in [9.17, 15) is 50.2 Å². The van der Waals surface area contributed by atoms with Gasteiger partial charge in [-0.15, -0.1) is 0 Å². The van der Waals surface area contributed by atoms with Gasteiger partial charge in [-0.25, -0.2) is 8.78 Å². The molecule has 290 valence electrons. The Labute approximate surface area is 308 Å². The number of rotatable bonds is 7. The second-order valence-electron chi connectivity index (χ2n) is 14.2. The van der Waals surface area contributed by atoms with Crippen molar-refractivity contribution in [2.45, 2.75) is 69.1 Å². The molecule has 4 aromatic rings. The summed E-state index contributed by atoms with van der Waals surface area (Å²) >= 11 is 0. The first kappa shape index (κ1) is 38.0. The fourth-order valence-electron chi connectivity index (χ4n) is 7.34. The number of ether oxygens (including phenoxy) is 1. The fraction of sp³-hybridized carbons (Fsp3) is 0.359. The van der Waals surface area contributed by atoms with Gasteiger partial charge in [0.2, 0.25) is 5.91 Å². The van der Waals surface area contributed by atoms with Crippen molar-refractivity contribution in [3.63, 3.8) is 0 Å². The summed E-state index contributed by atoms with van der Waals surface area (Å²) in [4.78, 5) is 41.7. The van der Waals surface area contributed by atoms with E-state index >= 15 is 4.39 Å². The van der Waals surface area contributed by atoms with E-state index < -0.39 is 82.5 Å². The van der Waals surface area contributed by atoms with E-state index in [1.165, 1.54) is 24.3 Å². The predicted molar refractivity (Wildman–Crippen MR) is 182 cm³/mol. The minimum atomic E-state index is -5.27. The predicted octanol–water partition coefficient (Wildman–Crippen LogP) is 8.10. The minimum Gasteiger partial charge on any atom is -0.481 e. The zero-order valence-electron chi connectivity index (χ0n) is 29.0. The summed E-state index contributed by atoms with van der Waals surface area (Å²) in [6, 6.07) is 7.11. The number of halogens is 8. The largest absolute Gasteiger partial charge is 0.481 e. The Balaban J connectivity index is 1.46. The standard InChI is InChI=1S/C39H33F8N3O5/c1-19-9-23(20-5-6-20)13-31-34(19)24-11-27(35(41)29(12-24)39(45,46)47)30(15-33(52)53)48-37(54)36(21-3-2-4-26(10-21)55-31)50-16-22(7-8-49-17-25(40)18-49)28(14-32(50)51)38(42,43)44/h2-4,9-14,16,20,25,30,36H,5-8,15,17-18H2,1H3,(H,48,54)(H,52,53)/t30-,36+/m1/s1. The van der Waals surface area contributed by atoms with E-state index in [0.717, 1.165) is 30.7 Å². The van der Waals surface area contributed by atoms with Crippen molar-refractivity contribution < 1.29 is 54.6 Å². The monoisotopic (exact) mass is 775 g/mol. The van der Waals surface area contributed by atoms with Crippen LogP contribution in [0.25, 0.3) is 11.1 Å². The number of carboxylic acids is 1. The van der Waals surface area contributed by atoms with Gasteiger partial charge in [-0.05, 0) is 90.3 Å². The molecule has 1 saturated carbocycles. The average molecular weight is 776 g/mol. The van der Waals surface area contributed by atoms with Crippen LogP contribution in [0, 0.1) is 12.7 Å². The van der Waals surface area contributed by atoms with Gasteiger partial charge in [0.1, 0.15) is 29.5 Å². The first-order chi connectivity index (χ1) is 25.9. The van der Waals surface area contributed by atoms with Gasteiger partial charge in [-0.3, -0.25) is 23.9 Å². The minimum absolute atomic E-state index is 0.00238. The summed E-state index contributed by atoms with van der Waals surface area (Å²) in [5.74, 6) is -4.44. The highest BCUT2D eigenvalue weighted by Crippen LogP contribution is 2.47. The highest BCUT2D eigenvalue weighted by Gasteiger charge is 2.40. The number of aryl methyl sites for hydroxylation is 1. The van der Waals surface area contributed by atoms with Gasteiger partial charge in [0.05, 0.1) is 23.6 Å². The Morgan fingerprint density at radius 1 is 0.945 bits per heavy atom. The van der Waals surface area contributed by atoms with Crippen molar-refractivity contribution >= 4 is 11.9 Å². The topological polar surface area (TPSA) is 101 Å². The molecule has 1 saturated heterocycles. The lowest BCUT2D eigenvalue weighted by Crippen LogP contribution is -2.49. The molecule has 1 aliphatic carbocycles. The summed E-state index contributed by atoms with van der Waals surface area (Å²) < 4.78 is 123. The maximum Gasteiger partial charge on any atom is 0.419 e. The van der Waals surface area contributed by atoms with Gasteiger partial charge in [-0.1, -0.05) is 18.2 Å². The third-order valence-corrected chi connectivity index (χ3v) is 10.1. The van der Waals surface area contributed by atoms with Gasteiger partial charge in [0.25, 0.3) is 5.56 Å². The lowest BCUT2D eigenvalue weighted by Gasteiger charge is -2.34. The fourth-order valence-corrected chi connectivity index (χ4v) is 7.34. The molecule has 7 rings (SSSR count). The molecule has 0 spiro atoms. The van der Waals surface area contributed by atoms with Crippen LogP contribution in [0.3, 0.4) is 0 Å². The average Bonchev–Trinajstić information content (AvgIpc) is 3.92. The summed E-state index contributed by atoms with van der Waals surface area (Å²) in [6.07, 6.45) is -10.3. The van der Waals surface area contributed by atoms with E-state index in [-0.39, 0.29) is 60.2 Å². The number of nitrogens with one attached hydrogen (secondary N) is 1. The van der Waals surface area contributed by atoms with E-state index in [2.05, 4.69) is 5.32 Å². The number of hydrogen-bond acceptors (Lipinski definition) is 5. The molecule has 3 heterocycles. The first-order valence-corrected chi connectivity index (χ1v) is 17.4. The quantitative estimate of drug-likeness (QED) is 0.184. The molecule has 1 aromatic heterocycles. The zero-order valence-corrected chi connectivity index (χ0v) is 29.0. The zero-order chi connectivity index (χ0) is 39.6. The molecule has 2 N–H and O–H groups in total. The molecule has 0 radical (unpaired) electrons. The van der Waals surface area contributed by atoms with Crippen LogP contribution in [0.4, 0.5) is 35.1 Å². The number of hydrogen-bond donors (Lipinski definition) is 2. The highest BCUT2D eigenvalue weighted by molar-refractivity contribution is 5.85. The summed E-state index contributed by atoms with van der Waals surface area (Å²) in [6.45, 7) is 1.63. The molecule has 55 heavy (non-hydrogen) atoms. The molecule has 4 bridgehead atoms. The number of fused-ring (bicyclic) bond motifs is 6. The van der Waals surface area contributed by atoms with Gasteiger partial charge in [-0.2, -0.15) is 26.3 Å². The van der Waals surface area contributed by atoms with Crippen LogP contribution >= 0.6 is 0 Å². The van der Waals surface area contributed by atoms with Crippen LogP contribution in [-0.2, 0) is 28.4 Å². The number of benzene rings is 3. The second-order valence-corrected chi connectivity index (χ2v) is 14.2. The summed E-state index contributed by atoms with van der Waals surface area (Å²) in [7, 11) is 0. The lowest BCUT2D eigenvalue weighted by atomic mass is 9.90. The molecular formula is C39H33F8N3O5. The van der Waals surface area contributed by atoms with Crippen LogP contribution in [-0.4, -0.2) is 52.3 Å². The van der Waals surface area contributed by atoms with Crippen molar-refractivity contribution in [3.8, 4) is 22.6 Å². The molecule has 3 aromatic carbocycles. The molecule has 0 unspecified atom stereocenters. The lowest BCUT2D eigenvalue weighted by molar-refractivity contribution is -0.140. The van der Waals surface area contributed by atoms with Crippen molar-refractivity contribution in [1.29, 1.82) is 0 Å². The van der Waals surface area contributed by atoms with Crippen LogP contribution in [0.1, 0.15) is 76.2 Å². The Morgan fingerprint density at radius 3 is 2.29 bits per heavy atom.